The highest BCUT2D eigenvalue weighted by atomic mass is 16.5. The van der Waals surface area contributed by atoms with Crippen LogP contribution in [0.3, 0.4) is 0 Å². The molecular weight excluding hydrogens is 254 g/mol. The summed E-state index contributed by atoms with van der Waals surface area (Å²) < 4.78 is 10.7. The standard InChI is InChI=1S/C16H19NO3/c1-4-19-16(18)13-10-14(20-11(2)3)17-15(13)12-8-6-5-7-9-12/h5-11,17H,4H2,1-3H3. The first-order valence-corrected chi connectivity index (χ1v) is 6.74. The molecule has 0 saturated carbocycles. The molecular formula is C16H19NO3. The SMILES string of the molecule is CCOC(=O)c1cc(OC(C)C)[nH]c1-c1ccccc1. The van der Waals surface area contributed by atoms with Crippen molar-refractivity contribution in [3.63, 3.8) is 0 Å². The molecule has 1 aromatic carbocycles. The highest BCUT2D eigenvalue weighted by Crippen LogP contribution is 2.28. The zero-order chi connectivity index (χ0) is 14.5. The van der Waals surface area contributed by atoms with E-state index in [2.05, 4.69) is 4.98 Å². The number of hydrogen-bond acceptors (Lipinski definition) is 3. The summed E-state index contributed by atoms with van der Waals surface area (Å²) in [5.74, 6) is 0.225. The van der Waals surface area contributed by atoms with Gasteiger partial charge in [-0.1, -0.05) is 30.3 Å². The first-order chi connectivity index (χ1) is 9.61. The van der Waals surface area contributed by atoms with Crippen LogP contribution >= 0.6 is 0 Å². The van der Waals surface area contributed by atoms with Crippen molar-refractivity contribution in [3.8, 4) is 17.1 Å². The fraction of sp³-hybridized carbons (Fsp3) is 0.312. The normalized spacial score (nSPS) is 10.6. The molecule has 20 heavy (non-hydrogen) atoms. The lowest BCUT2D eigenvalue weighted by Gasteiger charge is -2.06. The summed E-state index contributed by atoms with van der Waals surface area (Å²) in [5, 5.41) is 0. The van der Waals surface area contributed by atoms with Gasteiger partial charge in [0.25, 0.3) is 0 Å². The van der Waals surface area contributed by atoms with Crippen molar-refractivity contribution in [2.75, 3.05) is 6.61 Å². The number of H-pyrrole nitrogens is 1. The number of aromatic amines is 1. The second-order valence-corrected chi connectivity index (χ2v) is 4.68. The largest absolute Gasteiger partial charge is 0.476 e. The lowest BCUT2D eigenvalue weighted by atomic mass is 10.1. The Bertz CT molecular complexity index is 573. The van der Waals surface area contributed by atoms with Crippen LogP contribution in [0.2, 0.25) is 0 Å². The molecule has 0 aliphatic carbocycles. The van der Waals surface area contributed by atoms with E-state index in [9.17, 15) is 4.79 Å². The average Bonchev–Trinajstić information content (AvgIpc) is 2.83. The Hall–Kier alpha value is -2.23. The zero-order valence-corrected chi connectivity index (χ0v) is 12.0. The summed E-state index contributed by atoms with van der Waals surface area (Å²) in [5.41, 5.74) is 2.14. The number of benzene rings is 1. The molecule has 0 spiro atoms. The van der Waals surface area contributed by atoms with Crippen molar-refractivity contribution < 1.29 is 14.3 Å². The van der Waals surface area contributed by atoms with Gasteiger partial charge in [0, 0.05) is 6.07 Å². The Morgan fingerprint density at radius 1 is 1.25 bits per heavy atom. The van der Waals surface area contributed by atoms with Crippen LogP contribution in [-0.2, 0) is 4.74 Å². The molecule has 4 nitrogen and oxygen atoms in total. The third-order valence-corrected chi connectivity index (χ3v) is 2.71. The summed E-state index contributed by atoms with van der Waals surface area (Å²) >= 11 is 0. The number of hydrogen-bond donors (Lipinski definition) is 1. The summed E-state index contributed by atoms with van der Waals surface area (Å²) in [4.78, 5) is 15.2. The Labute approximate surface area is 118 Å². The molecule has 1 aromatic heterocycles. The highest BCUT2D eigenvalue weighted by Gasteiger charge is 2.18. The van der Waals surface area contributed by atoms with E-state index in [-0.39, 0.29) is 12.1 Å². The number of nitrogens with one attached hydrogen (secondary N) is 1. The summed E-state index contributed by atoms with van der Waals surface area (Å²) in [7, 11) is 0. The third-order valence-electron chi connectivity index (χ3n) is 2.71. The molecule has 0 saturated heterocycles. The van der Waals surface area contributed by atoms with Crippen LogP contribution in [0.1, 0.15) is 31.1 Å². The molecule has 0 fully saturated rings. The van der Waals surface area contributed by atoms with Gasteiger partial charge in [0.2, 0.25) is 0 Å². The van der Waals surface area contributed by atoms with E-state index in [4.69, 9.17) is 9.47 Å². The number of aromatic nitrogens is 1. The predicted molar refractivity (Wildman–Crippen MR) is 77.9 cm³/mol. The Morgan fingerprint density at radius 3 is 2.55 bits per heavy atom. The molecule has 2 rings (SSSR count). The Kier molecular flexibility index (Phi) is 4.45. The van der Waals surface area contributed by atoms with E-state index in [0.29, 0.717) is 18.1 Å². The van der Waals surface area contributed by atoms with E-state index in [0.717, 1.165) is 11.3 Å². The van der Waals surface area contributed by atoms with Crippen molar-refractivity contribution in [3.05, 3.63) is 42.0 Å². The van der Waals surface area contributed by atoms with Crippen LogP contribution in [0.4, 0.5) is 0 Å². The van der Waals surface area contributed by atoms with Crippen molar-refractivity contribution in [1.29, 1.82) is 0 Å². The second-order valence-electron chi connectivity index (χ2n) is 4.68. The summed E-state index contributed by atoms with van der Waals surface area (Å²) in [6.07, 6.45) is 0.0346. The maximum Gasteiger partial charge on any atom is 0.340 e. The van der Waals surface area contributed by atoms with E-state index in [1.807, 2.05) is 44.2 Å². The Balaban J connectivity index is 2.42. The van der Waals surface area contributed by atoms with Gasteiger partial charge in [0.1, 0.15) is 0 Å². The van der Waals surface area contributed by atoms with Crippen LogP contribution in [0.5, 0.6) is 5.88 Å². The quantitative estimate of drug-likeness (QED) is 0.846. The first-order valence-electron chi connectivity index (χ1n) is 6.74. The Morgan fingerprint density at radius 2 is 1.95 bits per heavy atom. The fourth-order valence-electron chi connectivity index (χ4n) is 1.95. The van der Waals surface area contributed by atoms with Gasteiger partial charge in [-0.3, -0.25) is 0 Å². The minimum absolute atomic E-state index is 0.0346. The number of rotatable bonds is 5. The molecule has 2 aromatic rings. The van der Waals surface area contributed by atoms with Gasteiger partial charge in [0.05, 0.1) is 24.0 Å². The molecule has 0 unspecified atom stereocenters. The molecule has 0 amide bonds. The maximum atomic E-state index is 12.0. The number of esters is 1. The van der Waals surface area contributed by atoms with Crippen molar-refractivity contribution in [2.24, 2.45) is 0 Å². The van der Waals surface area contributed by atoms with E-state index in [1.165, 1.54) is 0 Å². The first kappa shape index (κ1) is 14.2. The molecule has 0 bridgehead atoms. The third kappa shape index (κ3) is 3.20. The molecule has 1 heterocycles. The topological polar surface area (TPSA) is 51.3 Å². The summed E-state index contributed by atoms with van der Waals surface area (Å²) in [6.45, 7) is 6.01. The van der Waals surface area contributed by atoms with Crippen LogP contribution in [0.15, 0.2) is 36.4 Å². The van der Waals surface area contributed by atoms with Crippen LogP contribution in [0.25, 0.3) is 11.3 Å². The lowest BCUT2D eigenvalue weighted by molar-refractivity contribution is 0.0527. The zero-order valence-electron chi connectivity index (χ0n) is 12.0. The van der Waals surface area contributed by atoms with Crippen molar-refractivity contribution in [2.45, 2.75) is 26.9 Å². The minimum Gasteiger partial charge on any atom is -0.476 e. The smallest absolute Gasteiger partial charge is 0.340 e. The molecule has 4 heteroatoms. The van der Waals surface area contributed by atoms with Crippen LogP contribution < -0.4 is 4.74 Å². The lowest BCUT2D eigenvalue weighted by Crippen LogP contribution is -2.05. The van der Waals surface area contributed by atoms with Crippen molar-refractivity contribution in [1.82, 2.24) is 4.98 Å². The van der Waals surface area contributed by atoms with Gasteiger partial charge in [0.15, 0.2) is 5.88 Å². The number of ether oxygens (including phenoxy) is 2. The molecule has 0 aliphatic heterocycles. The molecule has 0 atom stereocenters. The second kappa shape index (κ2) is 6.28. The monoisotopic (exact) mass is 273 g/mol. The number of carbonyl (C=O) groups is 1. The molecule has 106 valence electrons. The van der Waals surface area contributed by atoms with E-state index in [1.54, 1.807) is 13.0 Å². The number of carbonyl (C=O) groups excluding carboxylic acids is 1. The average molecular weight is 273 g/mol. The van der Waals surface area contributed by atoms with Gasteiger partial charge in [-0.25, -0.2) is 4.79 Å². The molecule has 0 radical (unpaired) electrons. The van der Waals surface area contributed by atoms with E-state index >= 15 is 0 Å². The van der Waals surface area contributed by atoms with Crippen LogP contribution in [-0.4, -0.2) is 23.7 Å². The predicted octanol–water partition coefficient (Wildman–Crippen LogP) is 3.65. The minimum atomic E-state index is -0.346. The fourth-order valence-corrected chi connectivity index (χ4v) is 1.95. The highest BCUT2D eigenvalue weighted by molar-refractivity contribution is 5.97. The van der Waals surface area contributed by atoms with Gasteiger partial charge >= 0.3 is 5.97 Å². The van der Waals surface area contributed by atoms with Gasteiger partial charge < -0.3 is 14.5 Å². The van der Waals surface area contributed by atoms with Gasteiger partial charge in [-0.2, -0.15) is 0 Å². The van der Waals surface area contributed by atoms with Gasteiger partial charge in [-0.05, 0) is 26.3 Å². The van der Waals surface area contributed by atoms with Gasteiger partial charge in [-0.15, -0.1) is 0 Å². The van der Waals surface area contributed by atoms with Crippen molar-refractivity contribution >= 4 is 5.97 Å². The maximum absolute atomic E-state index is 12.0. The molecule has 0 aliphatic rings. The van der Waals surface area contributed by atoms with E-state index < -0.39 is 0 Å². The van der Waals surface area contributed by atoms with Crippen LogP contribution in [0, 0.1) is 0 Å². The summed E-state index contributed by atoms with van der Waals surface area (Å²) in [6, 6.07) is 11.4. The molecule has 1 N–H and O–H groups in total.